The van der Waals surface area contributed by atoms with E-state index in [1.165, 1.54) is 0 Å². The molecule has 2 N–H and O–H groups in total. The monoisotopic (exact) mass is 393 g/mol. The summed E-state index contributed by atoms with van der Waals surface area (Å²) in [6.45, 7) is 2.64. The minimum absolute atomic E-state index is 0.458. The second-order valence-electron chi connectivity index (χ2n) is 5.83. The number of aromatic nitrogens is 4. The molecule has 0 saturated carbocycles. The highest BCUT2D eigenvalue weighted by molar-refractivity contribution is 9.10. The van der Waals surface area contributed by atoms with Crippen molar-refractivity contribution in [1.29, 1.82) is 0 Å². The molecule has 25 heavy (non-hydrogen) atoms. The van der Waals surface area contributed by atoms with Crippen molar-refractivity contribution in [2.24, 2.45) is 0 Å². The fraction of sp³-hybridized carbons (Fsp3) is 0.105. The standard InChI is InChI=1S/C19H16BrN5/c1-12-16-17(21)22-18(13-7-3-2-4-8-13)23-19(16)24-25(12)11-14-9-5-6-10-15(14)20/h2-10H,11H2,1H3,(H2,21,22,23,24). The molecule has 0 atom stereocenters. The number of hydrogen-bond acceptors (Lipinski definition) is 4. The third-order valence-corrected chi connectivity index (χ3v) is 4.97. The number of nitrogens with zero attached hydrogens (tertiary/aromatic N) is 4. The van der Waals surface area contributed by atoms with Crippen LogP contribution in [0.1, 0.15) is 11.3 Å². The molecule has 4 aromatic rings. The Morgan fingerprint density at radius 2 is 1.72 bits per heavy atom. The number of benzene rings is 2. The van der Waals surface area contributed by atoms with Crippen molar-refractivity contribution in [3.05, 3.63) is 70.3 Å². The number of aryl methyl sites for hydroxylation is 1. The van der Waals surface area contributed by atoms with Crippen molar-refractivity contribution in [3.8, 4) is 11.4 Å². The van der Waals surface area contributed by atoms with Crippen LogP contribution >= 0.6 is 15.9 Å². The predicted molar refractivity (Wildman–Crippen MR) is 103 cm³/mol. The average molecular weight is 394 g/mol. The maximum Gasteiger partial charge on any atom is 0.187 e. The van der Waals surface area contributed by atoms with Gasteiger partial charge in [-0.05, 0) is 18.6 Å². The number of hydrogen-bond donors (Lipinski definition) is 1. The van der Waals surface area contributed by atoms with Crippen LogP contribution in [0.3, 0.4) is 0 Å². The van der Waals surface area contributed by atoms with Gasteiger partial charge in [0, 0.05) is 15.7 Å². The van der Waals surface area contributed by atoms with Crippen molar-refractivity contribution in [2.45, 2.75) is 13.5 Å². The summed E-state index contributed by atoms with van der Waals surface area (Å²) in [5.41, 5.74) is 9.87. The van der Waals surface area contributed by atoms with Crippen molar-refractivity contribution < 1.29 is 0 Å². The highest BCUT2D eigenvalue weighted by Gasteiger charge is 2.16. The molecular formula is C19H16BrN5. The molecule has 2 heterocycles. The van der Waals surface area contributed by atoms with Crippen molar-refractivity contribution >= 4 is 32.8 Å². The molecule has 0 aliphatic carbocycles. The first-order valence-electron chi connectivity index (χ1n) is 7.93. The predicted octanol–water partition coefficient (Wildman–Crippen LogP) is 4.19. The van der Waals surface area contributed by atoms with Gasteiger partial charge in [-0.3, -0.25) is 4.68 Å². The molecule has 0 aliphatic rings. The lowest BCUT2D eigenvalue weighted by molar-refractivity contribution is 0.670. The van der Waals surface area contributed by atoms with Gasteiger partial charge in [-0.25, -0.2) is 9.97 Å². The van der Waals surface area contributed by atoms with Crippen LogP contribution in [0.2, 0.25) is 0 Å². The second-order valence-corrected chi connectivity index (χ2v) is 6.69. The smallest absolute Gasteiger partial charge is 0.187 e. The maximum atomic E-state index is 6.22. The van der Waals surface area contributed by atoms with Crippen molar-refractivity contribution in [1.82, 2.24) is 19.7 Å². The number of nitrogens with two attached hydrogens (primary N) is 1. The van der Waals surface area contributed by atoms with E-state index < -0.39 is 0 Å². The summed E-state index contributed by atoms with van der Waals surface area (Å²) in [5.74, 6) is 1.05. The molecule has 0 spiro atoms. The summed E-state index contributed by atoms with van der Waals surface area (Å²) in [4.78, 5) is 9.09. The van der Waals surface area contributed by atoms with Crippen LogP contribution in [0.25, 0.3) is 22.4 Å². The van der Waals surface area contributed by atoms with E-state index in [4.69, 9.17) is 5.73 Å². The van der Waals surface area contributed by atoms with Crippen LogP contribution in [0.15, 0.2) is 59.1 Å². The first kappa shape index (κ1) is 15.8. The molecule has 6 heteroatoms. The van der Waals surface area contributed by atoms with E-state index in [2.05, 4.69) is 37.1 Å². The van der Waals surface area contributed by atoms with Gasteiger partial charge in [-0.2, -0.15) is 5.10 Å². The summed E-state index contributed by atoms with van der Waals surface area (Å²) in [6, 6.07) is 17.9. The Labute approximate surface area is 153 Å². The Kier molecular flexibility index (Phi) is 3.97. The van der Waals surface area contributed by atoms with Crippen molar-refractivity contribution in [3.63, 3.8) is 0 Å². The summed E-state index contributed by atoms with van der Waals surface area (Å²) >= 11 is 3.59. The molecule has 0 aliphatic heterocycles. The lowest BCUT2D eigenvalue weighted by Crippen LogP contribution is -2.04. The molecule has 124 valence electrons. The van der Waals surface area contributed by atoms with E-state index in [1.54, 1.807) is 0 Å². The fourth-order valence-electron chi connectivity index (χ4n) is 2.86. The molecule has 0 unspecified atom stereocenters. The van der Waals surface area contributed by atoms with Gasteiger partial charge >= 0.3 is 0 Å². The largest absolute Gasteiger partial charge is 0.383 e. The van der Waals surface area contributed by atoms with Gasteiger partial charge in [0.15, 0.2) is 11.5 Å². The van der Waals surface area contributed by atoms with Gasteiger partial charge in [-0.15, -0.1) is 0 Å². The van der Waals surface area contributed by atoms with Gasteiger partial charge in [0.25, 0.3) is 0 Å². The van der Waals surface area contributed by atoms with Crippen LogP contribution in [-0.2, 0) is 6.54 Å². The minimum atomic E-state index is 0.458. The van der Waals surface area contributed by atoms with E-state index in [9.17, 15) is 0 Å². The first-order valence-corrected chi connectivity index (χ1v) is 8.72. The van der Waals surface area contributed by atoms with E-state index >= 15 is 0 Å². The Balaban J connectivity index is 1.82. The second kappa shape index (κ2) is 6.29. The molecule has 2 aromatic carbocycles. The molecule has 0 radical (unpaired) electrons. The zero-order valence-corrected chi connectivity index (χ0v) is 15.2. The zero-order valence-electron chi connectivity index (χ0n) is 13.6. The number of anilines is 1. The molecule has 4 rings (SSSR count). The summed E-state index contributed by atoms with van der Waals surface area (Å²) in [7, 11) is 0. The molecule has 0 saturated heterocycles. The number of rotatable bonds is 3. The molecular weight excluding hydrogens is 378 g/mol. The third-order valence-electron chi connectivity index (χ3n) is 4.19. The van der Waals surface area contributed by atoms with Crippen LogP contribution in [0.5, 0.6) is 0 Å². The highest BCUT2D eigenvalue weighted by atomic mass is 79.9. The molecule has 0 bridgehead atoms. The molecule has 5 nitrogen and oxygen atoms in total. The van der Waals surface area contributed by atoms with Crippen molar-refractivity contribution in [2.75, 3.05) is 5.73 Å². The van der Waals surface area contributed by atoms with Gasteiger partial charge in [-0.1, -0.05) is 64.5 Å². The van der Waals surface area contributed by atoms with Crippen LogP contribution < -0.4 is 5.73 Å². The highest BCUT2D eigenvalue weighted by Crippen LogP contribution is 2.26. The first-order chi connectivity index (χ1) is 12.1. The number of nitrogen functional groups attached to an aromatic ring is 1. The fourth-order valence-corrected chi connectivity index (χ4v) is 3.27. The summed E-state index contributed by atoms with van der Waals surface area (Å²) in [5, 5.41) is 5.47. The van der Waals surface area contributed by atoms with Crippen LogP contribution in [0.4, 0.5) is 5.82 Å². The molecule has 0 amide bonds. The van der Waals surface area contributed by atoms with E-state index in [-0.39, 0.29) is 0 Å². The molecule has 2 aromatic heterocycles. The average Bonchev–Trinajstić information content (AvgIpc) is 2.94. The topological polar surface area (TPSA) is 69.6 Å². The summed E-state index contributed by atoms with van der Waals surface area (Å²) in [6.07, 6.45) is 0. The SMILES string of the molecule is Cc1c2c(N)nc(-c3ccccc3)nc2nn1Cc1ccccc1Br. The maximum absolute atomic E-state index is 6.22. The Bertz CT molecular complexity index is 1060. The Morgan fingerprint density at radius 3 is 2.48 bits per heavy atom. The quantitative estimate of drug-likeness (QED) is 0.566. The van der Waals surface area contributed by atoms with Gasteiger partial charge in [0.1, 0.15) is 5.82 Å². The summed E-state index contributed by atoms with van der Waals surface area (Å²) < 4.78 is 2.97. The van der Waals surface area contributed by atoms with E-state index in [0.717, 1.165) is 26.7 Å². The Morgan fingerprint density at radius 1 is 1.00 bits per heavy atom. The van der Waals surface area contributed by atoms with Gasteiger partial charge in [0.05, 0.1) is 11.9 Å². The van der Waals surface area contributed by atoms with Gasteiger partial charge < -0.3 is 5.73 Å². The van der Waals surface area contributed by atoms with Crippen LogP contribution in [-0.4, -0.2) is 19.7 Å². The van der Waals surface area contributed by atoms with Gasteiger partial charge in [0.2, 0.25) is 0 Å². The van der Waals surface area contributed by atoms with E-state index in [0.29, 0.717) is 23.8 Å². The van der Waals surface area contributed by atoms with E-state index in [1.807, 2.05) is 60.1 Å². The number of halogens is 1. The Hall–Kier alpha value is -2.73. The third kappa shape index (κ3) is 2.89. The minimum Gasteiger partial charge on any atom is -0.383 e. The number of fused-ring (bicyclic) bond motifs is 1. The lowest BCUT2D eigenvalue weighted by atomic mass is 10.2. The molecule has 0 fully saturated rings. The zero-order chi connectivity index (χ0) is 17.4. The normalized spacial score (nSPS) is 11.1. The lowest BCUT2D eigenvalue weighted by Gasteiger charge is -2.06. The van der Waals surface area contributed by atoms with Crippen LogP contribution in [0, 0.1) is 6.92 Å².